The number of aromatic nitrogens is 4. The Kier molecular flexibility index (Phi) is 4.10. The molecule has 3 heterocycles. The molecule has 1 aliphatic rings. The first-order valence-corrected chi connectivity index (χ1v) is 7.92. The average Bonchev–Trinajstić information content (AvgIpc) is 3.06. The largest absolute Gasteiger partial charge is 0.298 e. The van der Waals surface area contributed by atoms with Gasteiger partial charge >= 0.3 is 0 Å². The monoisotopic (exact) mass is 287 g/mol. The third-order valence-corrected chi connectivity index (χ3v) is 4.55. The molecule has 1 saturated heterocycles. The third-order valence-electron chi connectivity index (χ3n) is 4.55. The summed E-state index contributed by atoms with van der Waals surface area (Å²) in [4.78, 5) is 2.55. The van der Waals surface area contributed by atoms with Gasteiger partial charge in [-0.05, 0) is 45.7 Å². The molecule has 1 fully saturated rings. The number of nitrogens with one attached hydrogen (secondary N) is 1. The fourth-order valence-electron chi connectivity index (χ4n) is 3.32. The van der Waals surface area contributed by atoms with Crippen molar-refractivity contribution < 1.29 is 0 Å². The number of likely N-dealkylation sites (tertiary alicyclic amines) is 1. The van der Waals surface area contributed by atoms with Gasteiger partial charge in [0, 0.05) is 43.0 Å². The summed E-state index contributed by atoms with van der Waals surface area (Å²) in [5.74, 6) is 0.586. The topological polar surface area (TPSA) is 49.7 Å². The molecule has 0 bridgehead atoms. The Hall–Kier alpha value is -1.62. The van der Waals surface area contributed by atoms with Crippen LogP contribution in [0.25, 0.3) is 0 Å². The Balaban J connectivity index is 1.69. The standard InChI is InChI=1S/C16H25N5/c1-4-21-11-15(13(3)19-21)10-20-7-5-6-14(9-20)16-12(2)8-17-18-16/h8,11,14H,4-7,9-10H2,1-3H3,(H,17,18)/t14-/m1/s1. The molecule has 2 aromatic rings. The minimum atomic E-state index is 0.586. The lowest BCUT2D eigenvalue weighted by Gasteiger charge is -2.32. The van der Waals surface area contributed by atoms with Gasteiger partial charge in [0.15, 0.2) is 0 Å². The highest BCUT2D eigenvalue weighted by molar-refractivity contribution is 5.20. The first-order valence-electron chi connectivity index (χ1n) is 7.92. The summed E-state index contributed by atoms with van der Waals surface area (Å²) in [6.07, 6.45) is 6.64. The maximum absolute atomic E-state index is 4.55. The SMILES string of the molecule is CCn1cc(CN2CCC[C@@H](c3[nH]ncc3C)C2)c(C)n1. The van der Waals surface area contributed by atoms with Gasteiger partial charge in [-0.3, -0.25) is 14.7 Å². The van der Waals surface area contributed by atoms with Crippen LogP contribution in [0.5, 0.6) is 0 Å². The first kappa shape index (κ1) is 14.3. The van der Waals surface area contributed by atoms with Crippen LogP contribution >= 0.6 is 0 Å². The van der Waals surface area contributed by atoms with Crippen LogP contribution in [0.15, 0.2) is 12.4 Å². The quantitative estimate of drug-likeness (QED) is 0.940. The molecule has 1 aliphatic heterocycles. The van der Waals surface area contributed by atoms with E-state index in [0.29, 0.717) is 5.92 Å². The van der Waals surface area contributed by atoms with E-state index in [1.807, 2.05) is 10.9 Å². The summed E-state index contributed by atoms with van der Waals surface area (Å²) < 4.78 is 2.03. The van der Waals surface area contributed by atoms with Crippen LogP contribution in [0.4, 0.5) is 0 Å². The molecule has 3 rings (SSSR count). The average molecular weight is 287 g/mol. The highest BCUT2D eigenvalue weighted by atomic mass is 15.3. The predicted molar refractivity (Wildman–Crippen MR) is 83.2 cm³/mol. The molecular formula is C16H25N5. The molecule has 1 N–H and O–H groups in total. The van der Waals surface area contributed by atoms with Crippen LogP contribution in [0.2, 0.25) is 0 Å². The Labute approximate surface area is 126 Å². The van der Waals surface area contributed by atoms with E-state index in [0.717, 1.165) is 25.3 Å². The summed E-state index contributed by atoms with van der Waals surface area (Å²) in [6.45, 7) is 10.6. The van der Waals surface area contributed by atoms with E-state index in [2.05, 4.69) is 47.2 Å². The molecule has 0 unspecified atom stereocenters. The van der Waals surface area contributed by atoms with E-state index in [1.165, 1.54) is 36.2 Å². The van der Waals surface area contributed by atoms with Crippen molar-refractivity contribution in [3.8, 4) is 0 Å². The molecule has 0 saturated carbocycles. The Morgan fingerprint density at radius 2 is 2.24 bits per heavy atom. The lowest BCUT2D eigenvalue weighted by atomic mass is 9.92. The molecule has 2 aromatic heterocycles. The number of aromatic amines is 1. The van der Waals surface area contributed by atoms with E-state index >= 15 is 0 Å². The van der Waals surface area contributed by atoms with E-state index < -0.39 is 0 Å². The van der Waals surface area contributed by atoms with Gasteiger partial charge in [0.2, 0.25) is 0 Å². The first-order chi connectivity index (χ1) is 10.2. The zero-order valence-corrected chi connectivity index (χ0v) is 13.3. The fourth-order valence-corrected chi connectivity index (χ4v) is 3.32. The predicted octanol–water partition coefficient (Wildman–Crippen LogP) is 2.62. The van der Waals surface area contributed by atoms with Crippen LogP contribution < -0.4 is 0 Å². The number of aryl methyl sites for hydroxylation is 3. The van der Waals surface area contributed by atoms with Crippen LogP contribution in [0.1, 0.15) is 48.2 Å². The summed E-state index contributed by atoms with van der Waals surface area (Å²) in [5.41, 5.74) is 5.13. The van der Waals surface area contributed by atoms with Crippen LogP contribution in [0, 0.1) is 13.8 Å². The second kappa shape index (κ2) is 6.02. The summed E-state index contributed by atoms with van der Waals surface area (Å²) >= 11 is 0. The second-order valence-corrected chi connectivity index (χ2v) is 6.14. The summed E-state index contributed by atoms with van der Waals surface area (Å²) in [6, 6.07) is 0. The van der Waals surface area contributed by atoms with E-state index in [-0.39, 0.29) is 0 Å². The maximum Gasteiger partial charge on any atom is 0.0638 e. The minimum absolute atomic E-state index is 0.586. The van der Waals surface area contributed by atoms with Crippen LogP contribution in [0.3, 0.4) is 0 Å². The molecule has 0 amide bonds. The zero-order valence-electron chi connectivity index (χ0n) is 13.3. The number of nitrogens with zero attached hydrogens (tertiary/aromatic N) is 4. The van der Waals surface area contributed by atoms with Crippen molar-refractivity contribution in [1.82, 2.24) is 24.9 Å². The maximum atomic E-state index is 4.55. The van der Waals surface area contributed by atoms with Crippen molar-refractivity contribution in [3.63, 3.8) is 0 Å². The molecule has 0 radical (unpaired) electrons. The van der Waals surface area contributed by atoms with Gasteiger partial charge < -0.3 is 0 Å². The highest BCUT2D eigenvalue weighted by Gasteiger charge is 2.24. The van der Waals surface area contributed by atoms with Crippen molar-refractivity contribution in [2.24, 2.45) is 0 Å². The van der Waals surface area contributed by atoms with Gasteiger partial charge in [-0.2, -0.15) is 10.2 Å². The van der Waals surface area contributed by atoms with Gasteiger partial charge in [0.1, 0.15) is 0 Å². The van der Waals surface area contributed by atoms with E-state index in [4.69, 9.17) is 0 Å². The zero-order chi connectivity index (χ0) is 14.8. The molecule has 0 aromatic carbocycles. The molecule has 114 valence electrons. The second-order valence-electron chi connectivity index (χ2n) is 6.14. The fraction of sp³-hybridized carbons (Fsp3) is 0.625. The highest BCUT2D eigenvalue weighted by Crippen LogP contribution is 2.28. The molecule has 5 heteroatoms. The van der Waals surface area contributed by atoms with Crippen molar-refractivity contribution in [2.75, 3.05) is 13.1 Å². The number of hydrogen-bond donors (Lipinski definition) is 1. The Morgan fingerprint density at radius 1 is 1.38 bits per heavy atom. The summed E-state index contributed by atoms with van der Waals surface area (Å²) in [5, 5.41) is 11.9. The van der Waals surface area contributed by atoms with Crippen molar-refractivity contribution in [2.45, 2.75) is 52.6 Å². The lowest BCUT2D eigenvalue weighted by Crippen LogP contribution is -2.34. The smallest absolute Gasteiger partial charge is 0.0638 e. The van der Waals surface area contributed by atoms with E-state index in [9.17, 15) is 0 Å². The van der Waals surface area contributed by atoms with Gasteiger partial charge in [0.25, 0.3) is 0 Å². The molecule has 1 atom stereocenters. The van der Waals surface area contributed by atoms with Crippen LogP contribution in [-0.2, 0) is 13.1 Å². The van der Waals surface area contributed by atoms with Crippen molar-refractivity contribution in [3.05, 3.63) is 34.9 Å². The third kappa shape index (κ3) is 3.02. The molecule has 21 heavy (non-hydrogen) atoms. The molecular weight excluding hydrogens is 262 g/mol. The van der Waals surface area contributed by atoms with Gasteiger partial charge in [-0.15, -0.1) is 0 Å². The molecule has 5 nitrogen and oxygen atoms in total. The van der Waals surface area contributed by atoms with Crippen molar-refractivity contribution >= 4 is 0 Å². The molecule has 0 aliphatic carbocycles. The number of rotatable bonds is 4. The van der Waals surface area contributed by atoms with Crippen molar-refractivity contribution in [1.29, 1.82) is 0 Å². The minimum Gasteiger partial charge on any atom is -0.298 e. The number of piperidine rings is 1. The van der Waals surface area contributed by atoms with Gasteiger partial charge in [-0.25, -0.2) is 0 Å². The Morgan fingerprint density at radius 3 is 2.90 bits per heavy atom. The number of H-pyrrole nitrogens is 1. The van der Waals surface area contributed by atoms with Gasteiger partial charge in [-0.1, -0.05) is 0 Å². The van der Waals surface area contributed by atoms with Gasteiger partial charge in [0.05, 0.1) is 11.9 Å². The van der Waals surface area contributed by atoms with Crippen LogP contribution in [-0.4, -0.2) is 38.0 Å². The Bertz CT molecular complexity index is 598. The number of hydrogen-bond acceptors (Lipinski definition) is 3. The summed E-state index contributed by atoms with van der Waals surface area (Å²) in [7, 11) is 0. The lowest BCUT2D eigenvalue weighted by molar-refractivity contribution is 0.198. The van der Waals surface area contributed by atoms with E-state index in [1.54, 1.807) is 0 Å². The normalized spacial score (nSPS) is 20.0. The molecule has 0 spiro atoms.